The number of hydrogen-bond donors (Lipinski definition) is 10. The largest absolute Gasteiger partial charge is 0.480 e. The van der Waals surface area contributed by atoms with Gasteiger partial charge >= 0.3 is 5.97 Å². The van der Waals surface area contributed by atoms with Gasteiger partial charge in [-0.2, -0.15) is 0 Å². The Morgan fingerprint density at radius 1 is 0.564 bits per heavy atom. The van der Waals surface area contributed by atoms with Crippen LogP contribution in [0.5, 0.6) is 0 Å². The number of carbonyl (C=O) groups is 8. The molecule has 0 spiro atoms. The second-order valence-electron chi connectivity index (χ2n) is 15.2. The molecule has 0 radical (unpaired) electrons. The first-order valence-electron chi connectivity index (χ1n) is 19.4. The van der Waals surface area contributed by atoms with Crippen LogP contribution in [0.25, 0.3) is 0 Å². The first-order valence-corrected chi connectivity index (χ1v) is 19.4. The molecule has 55 heavy (non-hydrogen) atoms. The molecule has 316 valence electrons. The highest BCUT2D eigenvalue weighted by atomic mass is 16.4. The van der Waals surface area contributed by atoms with Crippen LogP contribution in [-0.4, -0.2) is 101 Å². The Kier molecular flexibility index (Phi) is 23.7. The molecule has 0 saturated carbocycles. The number of nitrogens with one attached hydrogen (secondary N) is 6. The molecule has 18 heteroatoms. The molecule has 0 aliphatic heterocycles. The van der Waals surface area contributed by atoms with Crippen LogP contribution in [-0.2, 0) is 38.4 Å². The first-order chi connectivity index (χ1) is 25.6. The summed E-state index contributed by atoms with van der Waals surface area (Å²) in [5.41, 5.74) is 16.7. The molecular weight excluding hydrogens is 714 g/mol. The summed E-state index contributed by atoms with van der Waals surface area (Å²) in [6.45, 7) is 15.8. The van der Waals surface area contributed by atoms with E-state index in [2.05, 4.69) is 31.9 Å². The monoisotopic (exact) mass is 784 g/mol. The molecule has 0 fully saturated rings. The van der Waals surface area contributed by atoms with Crippen molar-refractivity contribution < 1.29 is 43.5 Å². The van der Waals surface area contributed by atoms with Gasteiger partial charge < -0.3 is 54.2 Å². The van der Waals surface area contributed by atoms with Crippen LogP contribution >= 0.6 is 0 Å². The van der Waals surface area contributed by atoms with E-state index in [-0.39, 0.29) is 37.5 Å². The van der Waals surface area contributed by atoms with E-state index in [0.29, 0.717) is 32.2 Å². The van der Waals surface area contributed by atoms with Gasteiger partial charge in [0.2, 0.25) is 41.4 Å². The van der Waals surface area contributed by atoms with Crippen LogP contribution in [0.3, 0.4) is 0 Å². The van der Waals surface area contributed by atoms with E-state index >= 15 is 0 Å². The normalized spacial score (nSPS) is 16.2. The van der Waals surface area contributed by atoms with Gasteiger partial charge in [-0.25, -0.2) is 4.79 Å². The van der Waals surface area contributed by atoms with Crippen molar-refractivity contribution in [2.45, 2.75) is 156 Å². The summed E-state index contributed by atoms with van der Waals surface area (Å²) < 4.78 is 0. The third kappa shape index (κ3) is 18.7. The molecule has 18 nitrogen and oxygen atoms in total. The van der Waals surface area contributed by atoms with Gasteiger partial charge in [0.25, 0.3) is 0 Å². The zero-order valence-electron chi connectivity index (χ0n) is 34.2. The van der Waals surface area contributed by atoms with Crippen molar-refractivity contribution in [1.82, 2.24) is 31.9 Å². The molecule has 7 amide bonds. The number of aliphatic carboxylic acids is 1. The Labute approximate surface area is 325 Å². The van der Waals surface area contributed by atoms with Crippen molar-refractivity contribution in [1.29, 1.82) is 0 Å². The summed E-state index contributed by atoms with van der Waals surface area (Å²) in [5, 5.41) is 25.4. The van der Waals surface area contributed by atoms with Crippen LogP contribution in [0.4, 0.5) is 0 Å². The predicted octanol–water partition coefficient (Wildman–Crippen LogP) is -0.484. The van der Waals surface area contributed by atoms with Crippen molar-refractivity contribution in [2.75, 3.05) is 6.54 Å². The maximum atomic E-state index is 13.9. The standard InChI is InChI=1S/C37H69N9O9/c1-10-21(7)29(46-36(53)30(22(8)11-2)45-31(48)23(9)39)35(52)42-25(15-16-27(40)47)32(49)43-26(18-19(3)4)34(51)41-24(14-12-13-17-38)33(50)44-28(20(5)6)37(54)55/h19-26,28-30H,10-18,38-39H2,1-9H3,(H2,40,47)(H,41,51)(H,42,52)(H,43,49)(H,44,50)(H,45,48)(H,46,53)(H,54,55)/t21-,22-,23+,24+,25+,26+,28+,29+,30+/m0/s1. The van der Waals surface area contributed by atoms with Gasteiger partial charge in [-0.1, -0.05) is 68.2 Å². The van der Waals surface area contributed by atoms with Crippen molar-refractivity contribution in [3.8, 4) is 0 Å². The summed E-state index contributed by atoms with van der Waals surface area (Å²) in [4.78, 5) is 104. The van der Waals surface area contributed by atoms with Crippen molar-refractivity contribution >= 4 is 47.3 Å². The predicted molar refractivity (Wildman–Crippen MR) is 207 cm³/mol. The molecule has 13 N–H and O–H groups in total. The van der Waals surface area contributed by atoms with Crippen molar-refractivity contribution in [3.05, 3.63) is 0 Å². The van der Waals surface area contributed by atoms with E-state index in [9.17, 15) is 43.5 Å². The molecule has 0 aromatic carbocycles. The number of amides is 7. The summed E-state index contributed by atoms with van der Waals surface area (Å²) in [6, 6.07) is -7.99. The van der Waals surface area contributed by atoms with Gasteiger partial charge in [0.15, 0.2) is 0 Å². The fourth-order valence-corrected chi connectivity index (χ4v) is 5.53. The smallest absolute Gasteiger partial charge is 0.326 e. The summed E-state index contributed by atoms with van der Waals surface area (Å²) in [7, 11) is 0. The third-order valence-electron chi connectivity index (χ3n) is 9.46. The zero-order chi connectivity index (χ0) is 42.6. The van der Waals surface area contributed by atoms with Crippen LogP contribution in [0.1, 0.15) is 114 Å². The SMILES string of the molecule is CC[C@H](C)[C@@H](NC(=O)[C@@H](C)N)C(=O)N[C@@H](C(=O)N[C@H](CCC(N)=O)C(=O)N[C@H](CC(C)C)C(=O)N[C@H](CCCCN)C(=O)N[C@@H](C(=O)O)C(C)C)[C@@H](C)CC. The van der Waals surface area contributed by atoms with Crippen molar-refractivity contribution in [2.24, 2.45) is 40.9 Å². The number of hydrogen-bond acceptors (Lipinski definition) is 10. The van der Waals surface area contributed by atoms with E-state index < -0.39 is 101 Å². The molecule has 0 unspecified atom stereocenters. The number of rotatable bonds is 27. The zero-order valence-corrected chi connectivity index (χ0v) is 34.2. The summed E-state index contributed by atoms with van der Waals surface area (Å²) >= 11 is 0. The van der Waals surface area contributed by atoms with E-state index in [4.69, 9.17) is 17.2 Å². The molecule has 0 aromatic heterocycles. The lowest BCUT2D eigenvalue weighted by molar-refractivity contribution is -0.143. The molecule has 0 aromatic rings. The topological polar surface area (TPSA) is 307 Å². The second kappa shape index (κ2) is 25.7. The number of carboxylic acids is 1. The Bertz CT molecular complexity index is 1290. The fourth-order valence-electron chi connectivity index (χ4n) is 5.53. The molecule has 0 aliphatic rings. The molecule has 0 aliphatic carbocycles. The minimum Gasteiger partial charge on any atom is -0.480 e. The van der Waals surface area contributed by atoms with E-state index in [0.717, 1.165) is 0 Å². The number of carboxylic acid groups (broad SMARTS) is 1. The van der Waals surface area contributed by atoms with Gasteiger partial charge in [-0.15, -0.1) is 0 Å². The highest BCUT2D eigenvalue weighted by Gasteiger charge is 2.36. The number of nitrogens with two attached hydrogens (primary N) is 3. The average Bonchev–Trinajstić information content (AvgIpc) is 3.10. The third-order valence-corrected chi connectivity index (χ3v) is 9.46. The van der Waals surface area contributed by atoms with E-state index in [1.165, 1.54) is 6.92 Å². The molecule has 0 heterocycles. The van der Waals surface area contributed by atoms with Crippen LogP contribution < -0.4 is 49.1 Å². The lowest BCUT2D eigenvalue weighted by Gasteiger charge is -2.30. The number of carbonyl (C=O) groups excluding carboxylic acids is 7. The molecule has 0 bridgehead atoms. The first kappa shape index (κ1) is 50.7. The quantitative estimate of drug-likeness (QED) is 0.0475. The minimum absolute atomic E-state index is 0.116. The molecular formula is C37H69N9O9. The Balaban J connectivity index is 6.46. The molecule has 0 rings (SSSR count). The van der Waals surface area contributed by atoms with Gasteiger partial charge in [0.1, 0.15) is 36.3 Å². The minimum atomic E-state index is -1.37. The van der Waals surface area contributed by atoms with Crippen molar-refractivity contribution in [3.63, 3.8) is 0 Å². The van der Waals surface area contributed by atoms with E-state index in [1.54, 1.807) is 27.7 Å². The average molecular weight is 784 g/mol. The van der Waals surface area contributed by atoms with Gasteiger partial charge in [-0.3, -0.25) is 33.6 Å². The molecule has 9 atom stereocenters. The second-order valence-corrected chi connectivity index (χ2v) is 15.2. The highest BCUT2D eigenvalue weighted by molar-refractivity contribution is 5.97. The number of primary amides is 1. The lowest BCUT2D eigenvalue weighted by atomic mass is 9.94. The Hall–Kier alpha value is -4.32. The highest BCUT2D eigenvalue weighted by Crippen LogP contribution is 2.14. The van der Waals surface area contributed by atoms with Crippen LogP contribution in [0.2, 0.25) is 0 Å². The summed E-state index contributed by atoms with van der Waals surface area (Å²) in [6.07, 6.45) is 1.68. The van der Waals surface area contributed by atoms with E-state index in [1.807, 2.05) is 27.7 Å². The van der Waals surface area contributed by atoms with Gasteiger partial charge in [-0.05, 0) is 69.2 Å². The summed E-state index contributed by atoms with van der Waals surface area (Å²) in [5.74, 6) is -7.48. The number of unbranched alkanes of at least 4 members (excludes halogenated alkanes) is 1. The lowest BCUT2D eigenvalue weighted by Crippen LogP contribution is -2.61. The van der Waals surface area contributed by atoms with Gasteiger partial charge in [0, 0.05) is 6.42 Å². The van der Waals surface area contributed by atoms with Gasteiger partial charge in [0.05, 0.1) is 6.04 Å². The Morgan fingerprint density at radius 3 is 1.42 bits per heavy atom. The van der Waals surface area contributed by atoms with Crippen LogP contribution in [0, 0.1) is 23.7 Å². The maximum absolute atomic E-state index is 13.9. The Morgan fingerprint density at radius 2 is 0.982 bits per heavy atom. The fraction of sp³-hybridized carbons (Fsp3) is 0.784. The maximum Gasteiger partial charge on any atom is 0.326 e. The van der Waals surface area contributed by atoms with Crippen LogP contribution in [0.15, 0.2) is 0 Å². The molecule has 0 saturated heterocycles.